The zero-order valence-corrected chi connectivity index (χ0v) is 25.4. The Balaban J connectivity index is 1.46. The number of hydrogen-bond donors (Lipinski definition) is 1. The molecule has 1 heterocycles. The fourth-order valence-electron chi connectivity index (χ4n) is 5.67. The van der Waals surface area contributed by atoms with Crippen molar-refractivity contribution in [2.75, 3.05) is 53.6 Å². The minimum Gasteiger partial charge on any atom is -0.493 e. The van der Waals surface area contributed by atoms with E-state index in [9.17, 15) is 9.59 Å². The van der Waals surface area contributed by atoms with E-state index in [-0.39, 0.29) is 23.8 Å². The number of benzene rings is 2. The van der Waals surface area contributed by atoms with Crippen LogP contribution in [-0.2, 0) is 16.0 Å². The van der Waals surface area contributed by atoms with Crippen molar-refractivity contribution in [3.63, 3.8) is 0 Å². The maximum absolute atomic E-state index is 14.0. The van der Waals surface area contributed by atoms with E-state index in [1.165, 1.54) is 0 Å². The Kier molecular flexibility index (Phi) is 11.1. The molecule has 2 amide bonds. The van der Waals surface area contributed by atoms with Crippen LogP contribution >= 0.6 is 0 Å². The molecule has 1 N–H and O–H groups in total. The van der Waals surface area contributed by atoms with Crippen molar-refractivity contribution < 1.29 is 23.8 Å². The SMILES string of the molecule is COCCCOc1cc(C(=O)N(C[C@@H]2CNCC2CN(C(=O)Cc2ccccc2)C2CC2)C(C)C)c(C)cc1OC. The second-order valence-corrected chi connectivity index (χ2v) is 11.7. The predicted molar refractivity (Wildman–Crippen MR) is 161 cm³/mol. The van der Waals surface area contributed by atoms with Crippen LogP contribution in [0.3, 0.4) is 0 Å². The molecule has 2 atom stereocenters. The van der Waals surface area contributed by atoms with Gasteiger partial charge in [0.05, 0.1) is 20.1 Å². The van der Waals surface area contributed by atoms with Crippen LogP contribution in [0.2, 0.25) is 0 Å². The van der Waals surface area contributed by atoms with E-state index >= 15 is 0 Å². The van der Waals surface area contributed by atoms with Crippen molar-refractivity contribution in [1.82, 2.24) is 15.1 Å². The van der Waals surface area contributed by atoms with Gasteiger partial charge in [0, 0.05) is 64.0 Å². The van der Waals surface area contributed by atoms with Gasteiger partial charge in [-0.05, 0) is 68.7 Å². The number of carbonyl (C=O) groups excluding carboxylic acids is 2. The lowest BCUT2D eigenvalue weighted by Gasteiger charge is -2.34. The number of rotatable bonds is 15. The number of ether oxygens (including phenoxy) is 3. The van der Waals surface area contributed by atoms with Crippen molar-refractivity contribution in [2.24, 2.45) is 11.8 Å². The average molecular weight is 566 g/mol. The van der Waals surface area contributed by atoms with E-state index in [2.05, 4.69) is 24.1 Å². The maximum Gasteiger partial charge on any atom is 0.254 e. The van der Waals surface area contributed by atoms with Gasteiger partial charge in [-0.2, -0.15) is 0 Å². The van der Waals surface area contributed by atoms with Gasteiger partial charge in [-0.3, -0.25) is 9.59 Å². The van der Waals surface area contributed by atoms with Crippen LogP contribution in [-0.4, -0.2) is 87.3 Å². The second-order valence-electron chi connectivity index (χ2n) is 11.7. The fourth-order valence-corrected chi connectivity index (χ4v) is 5.67. The lowest BCUT2D eigenvalue weighted by molar-refractivity contribution is -0.131. The van der Waals surface area contributed by atoms with Gasteiger partial charge >= 0.3 is 0 Å². The third-order valence-electron chi connectivity index (χ3n) is 8.22. The number of nitrogens with one attached hydrogen (secondary N) is 1. The first-order valence-corrected chi connectivity index (χ1v) is 15.0. The molecule has 1 saturated carbocycles. The van der Waals surface area contributed by atoms with E-state index in [1.54, 1.807) is 14.2 Å². The third kappa shape index (κ3) is 8.23. The summed E-state index contributed by atoms with van der Waals surface area (Å²) >= 11 is 0. The average Bonchev–Trinajstić information content (AvgIpc) is 3.71. The van der Waals surface area contributed by atoms with Gasteiger partial charge in [-0.25, -0.2) is 0 Å². The molecular formula is C33H47N3O5. The minimum atomic E-state index is -0.00764. The molecule has 0 bridgehead atoms. The Hall–Kier alpha value is -3.10. The molecular weight excluding hydrogens is 518 g/mol. The molecule has 1 unspecified atom stereocenters. The Morgan fingerprint density at radius 1 is 0.976 bits per heavy atom. The quantitative estimate of drug-likeness (QED) is 0.324. The van der Waals surface area contributed by atoms with Gasteiger partial charge in [-0.1, -0.05) is 30.3 Å². The summed E-state index contributed by atoms with van der Waals surface area (Å²) < 4.78 is 16.7. The molecule has 8 nitrogen and oxygen atoms in total. The molecule has 2 aliphatic rings. The Morgan fingerprint density at radius 2 is 1.68 bits per heavy atom. The topological polar surface area (TPSA) is 80.3 Å². The standard InChI is InChI=1S/C33H47N3O5/c1-23(2)35(33(38)29-18-31(41-15-9-14-39-4)30(40-5)16-24(29)3)21-26-19-34-20-27(26)22-36(28-12-13-28)32(37)17-25-10-7-6-8-11-25/h6-8,10-11,16,18,23,26-28,34H,9,12-15,17,19-22H2,1-5H3/t26-,27?/m0/s1. The molecule has 41 heavy (non-hydrogen) atoms. The number of nitrogens with zero attached hydrogens (tertiary/aromatic N) is 2. The number of aryl methyl sites for hydroxylation is 1. The first-order valence-electron chi connectivity index (χ1n) is 15.0. The van der Waals surface area contributed by atoms with Gasteiger partial charge in [-0.15, -0.1) is 0 Å². The van der Waals surface area contributed by atoms with Crippen LogP contribution in [0.5, 0.6) is 11.5 Å². The molecule has 0 spiro atoms. The lowest BCUT2D eigenvalue weighted by atomic mass is 9.93. The molecule has 2 fully saturated rings. The van der Waals surface area contributed by atoms with Crippen molar-refractivity contribution in [2.45, 2.75) is 58.5 Å². The van der Waals surface area contributed by atoms with Crippen molar-refractivity contribution in [3.8, 4) is 11.5 Å². The molecule has 1 aliphatic heterocycles. The van der Waals surface area contributed by atoms with Gasteiger partial charge < -0.3 is 29.3 Å². The van der Waals surface area contributed by atoms with E-state index in [1.807, 2.05) is 54.3 Å². The third-order valence-corrected chi connectivity index (χ3v) is 8.22. The van der Waals surface area contributed by atoms with Crippen molar-refractivity contribution in [3.05, 3.63) is 59.2 Å². The summed E-state index contributed by atoms with van der Waals surface area (Å²) in [6.45, 7) is 10.2. The Morgan fingerprint density at radius 3 is 2.32 bits per heavy atom. The largest absolute Gasteiger partial charge is 0.493 e. The molecule has 2 aromatic rings. The normalized spacial score (nSPS) is 18.4. The van der Waals surface area contributed by atoms with Crippen LogP contribution < -0.4 is 14.8 Å². The first-order chi connectivity index (χ1) is 19.8. The predicted octanol–water partition coefficient (Wildman–Crippen LogP) is 4.34. The molecule has 1 aliphatic carbocycles. The van der Waals surface area contributed by atoms with Crippen LogP contribution in [0.1, 0.15) is 54.6 Å². The van der Waals surface area contributed by atoms with Crippen LogP contribution in [0.25, 0.3) is 0 Å². The second kappa shape index (κ2) is 14.7. The smallest absolute Gasteiger partial charge is 0.254 e. The molecule has 1 saturated heterocycles. The summed E-state index contributed by atoms with van der Waals surface area (Å²) in [5.74, 6) is 1.93. The number of hydrogen-bond acceptors (Lipinski definition) is 6. The summed E-state index contributed by atoms with van der Waals surface area (Å²) in [5, 5.41) is 3.55. The fraction of sp³-hybridized carbons (Fsp3) is 0.576. The van der Waals surface area contributed by atoms with Crippen molar-refractivity contribution in [1.29, 1.82) is 0 Å². The van der Waals surface area contributed by atoms with E-state index in [4.69, 9.17) is 14.2 Å². The van der Waals surface area contributed by atoms with Crippen molar-refractivity contribution >= 4 is 11.8 Å². The monoisotopic (exact) mass is 565 g/mol. The molecule has 0 aromatic heterocycles. The molecule has 0 radical (unpaired) electrons. The highest BCUT2D eigenvalue weighted by Crippen LogP contribution is 2.33. The van der Waals surface area contributed by atoms with Crippen LogP contribution in [0.4, 0.5) is 0 Å². The van der Waals surface area contributed by atoms with Crippen LogP contribution in [0, 0.1) is 18.8 Å². The van der Waals surface area contributed by atoms with E-state index in [0.29, 0.717) is 55.2 Å². The highest BCUT2D eigenvalue weighted by Gasteiger charge is 2.38. The van der Waals surface area contributed by atoms with E-state index in [0.717, 1.165) is 50.0 Å². The summed E-state index contributed by atoms with van der Waals surface area (Å²) in [4.78, 5) is 31.4. The highest BCUT2D eigenvalue weighted by molar-refractivity contribution is 5.96. The zero-order chi connectivity index (χ0) is 29.4. The molecule has 4 rings (SSSR count). The zero-order valence-electron chi connectivity index (χ0n) is 25.4. The summed E-state index contributed by atoms with van der Waals surface area (Å²) in [6, 6.07) is 14.1. The number of carbonyl (C=O) groups is 2. The van der Waals surface area contributed by atoms with Gasteiger partial charge in [0.1, 0.15) is 0 Å². The number of amides is 2. The Bertz CT molecular complexity index is 1150. The molecule has 8 heteroatoms. The summed E-state index contributed by atoms with van der Waals surface area (Å²) in [6.07, 6.45) is 3.34. The molecule has 2 aromatic carbocycles. The van der Waals surface area contributed by atoms with Gasteiger partial charge in [0.2, 0.25) is 5.91 Å². The summed E-state index contributed by atoms with van der Waals surface area (Å²) in [5.41, 5.74) is 2.54. The maximum atomic E-state index is 14.0. The minimum absolute atomic E-state index is 0.00764. The Labute approximate surface area is 245 Å². The van der Waals surface area contributed by atoms with Crippen LogP contribution in [0.15, 0.2) is 42.5 Å². The first kappa shape index (κ1) is 30.8. The summed E-state index contributed by atoms with van der Waals surface area (Å²) in [7, 11) is 3.28. The van der Waals surface area contributed by atoms with Gasteiger partial charge in [0.15, 0.2) is 11.5 Å². The van der Waals surface area contributed by atoms with E-state index < -0.39 is 0 Å². The van der Waals surface area contributed by atoms with Gasteiger partial charge in [0.25, 0.3) is 5.91 Å². The molecule has 224 valence electrons. The number of methoxy groups -OCH3 is 2. The highest BCUT2D eigenvalue weighted by atomic mass is 16.5. The lowest BCUT2D eigenvalue weighted by Crippen LogP contribution is -2.45.